The number of nitrogens with one attached hydrogen (secondary N) is 2. The molecule has 2 aromatic carbocycles. The van der Waals surface area contributed by atoms with Crippen molar-refractivity contribution >= 4 is 35.7 Å². The standard InChI is InChI=1S/C36H34ClF7N10O5/c1-33(2,36(42,43)44)16-35(20-6-3-18(4-7-20)24-14-46-54(51-24)21-8-9-21)28(55)52(30(49-35)48-31(56)57)25(15-59-32(58)50-34(11-12-34)27(38)39)19-5-10-23(37)22(13-19)26-45-17-47-53(26)29(40)41/h3-7,10,13-14,17,21,25,27,29H,8-9,11-12,15-16H2,1-2H3,(H,48,49)(H,50,58)(H,56,57)/t25-,35?/m1/s1. The van der Waals surface area contributed by atoms with Crippen LogP contribution in [0.3, 0.4) is 0 Å². The van der Waals surface area contributed by atoms with Crippen molar-refractivity contribution in [2.75, 3.05) is 6.61 Å². The molecule has 1 unspecified atom stereocenters. The summed E-state index contributed by atoms with van der Waals surface area (Å²) >= 11 is 6.41. The molecule has 3 aliphatic rings. The zero-order valence-electron chi connectivity index (χ0n) is 30.9. The lowest BCUT2D eigenvalue weighted by Gasteiger charge is -2.37. The number of alkyl halides is 7. The Bertz CT molecular complexity index is 2290. The summed E-state index contributed by atoms with van der Waals surface area (Å²) in [5, 5.41) is 26.7. The van der Waals surface area contributed by atoms with E-state index in [2.05, 4.69) is 35.9 Å². The van der Waals surface area contributed by atoms with Gasteiger partial charge in [-0.1, -0.05) is 55.8 Å². The molecule has 7 rings (SSSR count). The van der Waals surface area contributed by atoms with Crippen molar-refractivity contribution in [3.05, 3.63) is 71.1 Å². The number of aliphatic imine (C=N–C) groups is 1. The number of halogens is 8. The second kappa shape index (κ2) is 15.1. The SMILES string of the molecule is CC(C)(CC1(c2ccc(-c3cnn(C4CC4)n3)cc2)NC(=NC(=O)O)N([C@H](COC(=O)NC2(C(F)F)CC2)c2ccc(Cl)c(-c3ncnn3C(F)F)c2)C1=O)C(F)(F)F. The predicted molar refractivity (Wildman–Crippen MR) is 192 cm³/mol. The highest BCUT2D eigenvalue weighted by Gasteiger charge is 2.61. The van der Waals surface area contributed by atoms with Gasteiger partial charge in [-0.05, 0) is 55.4 Å². The van der Waals surface area contributed by atoms with Gasteiger partial charge in [0, 0.05) is 11.1 Å². The van der Waals surface area contributed by atoms with Gasteiger partial charge in [0.15, 0.2) is 5.82 Å². The van der Waals surface area contributed by atoms with Crippen molar-refractivity contribution < 1.29 is 55.0 Å². The van der Waals surface area contributed by atoms with Crippen LogP contribution in [0.1, 0.15) is 75.7 Å². The van der Waals surface area contributed by atoms with Crippen LogP contribution in [-0.4, -0.2) is 88.6 Å². The molecular weight excluding hydrogens is 821 g/mol. The fourth-order valence-corrected chi connectivity index (χ4v) is 7.02. The minimum Gasteiger partial charge on any atom is -0.463 e. The third-order valence-electron chi connectivity index (χ3n) is 10.5. The molecule has 3 fully saturated rings. The van der Waals surface area contributed by atoms with Gasteiger partial charge in [0.1, 0.15) is 29.7 Å². The number of rotatable bonds is 13. The average molecular weight is 855 g/mol. The van der Waals surface area contributed by atoms with Crippen molar-refractivity contribution in [3.8, 4) is 22.6 Å². The van der Waals surface area contributed by atoms with Gasteiger partial charge >= 0.3 is 24.9 Å². The minimum absolute atomic E-state index is 0.0643. The molecule has 2 aliphatic carbocycles. The third kappa shape index (κ3) is 8.00. The van der Waals surface area contributed by atoms with E-state index in [9.17, 15) is 45.4 Å². The van der Waals surface area contributed by atoms with E-state index < -0.39 is 84.6 Å². The summed E-state index contributed by atoms with van der Waals surface area (Å²) in [6.45, 7) is -2.46. The third-order valence-corrected chi connectivity index (χ3v) is 10.8. The fourth-order valence-electron chi connectivity index (χ4n) is 6.82. The van der Waals surface area contributed by atoms with Crippen LogP contribution >= 0.6 is 11.6 Å². The van der Waals surface area contributed by atoms with Gasteiger partial charge in [-0.3, -0.25) is 9.69 Å². The van der Waals surface area contributed by atoms with Crippen LogP contribution in [0.5, 0.6) is 0 Å². The van der Waals surface area contributed by atoms with Crippen molar-refractivity contribution in [3.63, 3.8) is 0 Å². The Kier molecular flexibility index (Phi) is 10.6. The summed E-state index contributed by atoms with van der Waals surface area (Å²) < 4.78 is 105. The number of ether oxygens (including phenoxy) is 1. The van der Waals surface area contributed by atoms with Crippen molar-refractivity contribution in [1.29, 1.82) is 0 Å². The highest BCUT2D eigenvalue weighted by Crippen LogP contribution is 2.49. The molecule has 1 aliphatic heterocycles. The van der Waals surface area contributed by atoms with Gasteiger partial charge in [0.25, 0.3) is 12.3 Å². The number of hydrogen-bond donors (Lipinski definition) is 3. The molecule has 314 valence electrons. The molecule has 3 N–H and O–H groups in total. The number of benzene rings is 2. The van der Waals surface area contributed by atoms with Crippen LogP contribution < -0.4 is 10.6 Å². The van der Waals surface area contributed by atoms with Crippen molar-refractivity contribution in [2.24, 2.45) is 10.4 Å². The van der Waals surface area contributed by atoms with E-state index in [1.54, 1.807) is 4.80 Å². The topological polar surface area (TPSA) is 182 Å². The largest absolute Gasteiger partial charge is 0.463 e. The number of alkyl carbamates (subject to hydrolysis) is 1. The Labute approximate surface area is 334 Å². The molecule has 2 aromatic heterocycles. The summed E-state index contributed by atoms with van der Waals surface area (Å²) in [7, 11) is 0. The molecular formula is C36H34ClF7N10O5. The van der Waals surface area contributed by atoms with E-state index >= 15 is 4.79 Å². The Morgan fingerprint density at radius 1 is 1.08 bits per heavy atom. The summed E-state index contributed by atoms with van der Waals surface area (Å²) in [4.78, 5) is 50.0. The first-order valence-corrected chi connectivity index (χ1v) is 18.4. The fraction of sp³-hybridized carbons (Fsp3) is 0.444. The molecule has 4 aromatic rings. The summed E-state index contributed by atoms with van der Waals surface area (Å²) in [5.74, 6) is -2.46. The van der Waals surface area contributed by atoms with Gasteiger partial charge < -0.3 is 20.5 Å². The highest BCUT2D eigenvalue weighted by atomic mass is 35.5. The molecule has 0 spiro atoms. The van der Waals surface area contributed by atoms with Crippen LogP contribution in [0.4, 0.5) is 40.3 Å². The Balaban J connectivity index is 1.35. The monoisotopic (exact) mass is 854 g/mol. The number of carbonyl (C=O) groups excluding carboxylic acids is 2. The van der Waals surface area contributed by atoms with Crippen molar-refractivity contribution in [2.45, 2.75) is 88.3 Å². The van der Waals surface area contributed by atoms with Gasteiger partial charge in [0.05, 0.1) is 28.7 Å². The van der Waals surface area contributed by atoms with E-state index in [0.29, 0.717) is 16.2 Å². The number of amides is 3. The molecule has 2 saturated carbocycles. The minimum atomic E-state index is -4.92. The second-order valence-electron chi connectivity index (χ2n) is 15.1. The van der Waals surface area contributed by atoms with Gasteiger partial charge in [-0.2, -0.15) is 46.7 Å². The summed E-state index contributed by atoms with van der Waals surface area (Å²) in [6, 6.07) is 7.74. The first-order chi connectivity index (χ1) is 27.7. The number of carboxylic acid groups (broad SMARTS) is 1. The lowest BCUT2D eigenvalue weighted by Crippen LogP contribution is -2.50. The van der Waals surface area contributed by atoms with Crippen LogP contribution in [0.15, 0.2) is 60.0 Å². The normalized spacial score (nSPS) is 20.3. The summed E-state index contributed by atoms with van der Waals surface area (Å²) in [6.07, 6.45) is -8.22. The zero-order chi connectivity index (χ0) is 42.7. The predicted octanol–water partition coefficient (Wildman–Crippen LogP) is 7.49. The number of aromatic nitrogens is 6. The van der Waals surface area contributed by atoms with E-state index in [-0.39, 0.29) is 45.3 Å². The van der Waals surface area contributed by atoms with Gasteiger partial charge in [-0.25, -0.2) is 23.4 Å². The van der Waals surface area contributed by atoms with Crippen LogP contribution in [0.2, 0.25) is 5.02 Å². The van der Waals surface area contributed by atoms with Crippen LogP contribution in [0, 0.1) is 5.41 Å². The Morgan fingerprint density at radius 3 is 2.37 bits per heavy atom. The first kappa shape index (κ1) is 41.4. The maximum atomic E-state index is 15.2. The molecule has 1 saturated heterocycles. The Morgan fingerprint density at radius 2 is 1.78 bits per heavy atom. The molecule has 59 heavy (non-hydrogen) atoms. The van der Waals surface area contributed by atoms with Crippen LogP contribution in [0.25, 0.3) is 22.6 Å². The van der Waals surface area contributed by atoms with Gasteiger partial charge in [-0.15, -0.1) is 4.99 Å². The number of hydrogen-bond acceptors (Lipinski definition) is 8. The smallest absolute Gasteiger partial charge is 0.434 e. The van der Waals surface area contributed by atoms with E-state index in [1.165, 1.54) is 42.6 Å². The Hall–Kier alpha value is -5.80. The molecule has 0 bridgehead atoms. The highest BCUT2D eigenvalue weighted by molar-refractivity contribution is 6.33. The number of carbonyl (C=O) groups is 3. The number of guanidine groups is 1. The van der Waals surface area contributed by atoms with Gasteiger partial charge in [0.2, 0.25) is 5.96 Å². The zero-order valence-corrected chi connectivity index (χ0v) is 31.7. The number of nitrogens with zero attached hydrogens (tertiary/aromatic N) is 8. The molecule has 23 heteroatoms. The van der Waals surface area contributed by atoms with Crippen LogP contribution in [-0.2, 0) is 15.1 Å². The first-order valence-electron chi connectivity index (χ1n) is 18.0. The quantitative estimate of drug-likeness (QED) is 0.114. The lowest BCUT2D eigenvalue weighted by atomic mass is 9.74. The van der Waals surface area contributed by atoms with E-state index in [1.807, 2.05) is 0 Å². The maximum absolute atomic E-state index is 15.2. The van der Waals surface area contributed by atoms with E-state index in [0.717, 1.165) is 39.1 Å². The molecule has 15 nitrogen and oxygen atoms in total. The molecule has 3 amide bonds. The molecule has 3 heterocycles. The average Bonchev–Trinajstić information content (AvgIpc) is 4.03. The molecule has 0 radical (unpaired) electrons. The second-order valence-corrected chi connectivity index (χ2v) is 15.5. The van der Waals surface area contributed by atoms with E-state index in [4.69, 9.17) is 16.3 Å². The lowest BCUT2D eigenvalue weighted by molar-refractivity contribution is -0.218. The maximum Gasteiger partial charge on any atom is 0.434 e. The summed E-state index contributed by atoms with van der Waals surface area (Å²) in [5.41, 5.74) is -6.38. The van der Waals surface area contributed by atoms with Crippen molar-refractivity contribution in [1.82, 2.24) is 45.3 Å². The molecule has 2 atom stereocenters.